The molecule has 1 aromatic carbocycles. The second-order valence-corrected chi connectivity index (χ2v) is 5.78. The Morgan fingerprint density at radius 2 is 1.85 bits per heavy atom. The Labute approximate surface area is 124 Å². The molecule has 1 aromatic rings. The maximum Gasteiger partial charge on any atom is 0.0764 e. The predicted molar refractivity (Wildman–Crippen MR) is 87.7 cm³/mol. The molecule has 0 aliphatic rings. The van der Waals surface area contributed by atoms with E-state index in [1.165, 1.54) is 19.3 Å². The highest BCUT2D eigenvalue weighted by Crippen LogP contribution is 2.17. The van der Waals surface area contributed by atoms with Crippen molar-refractivity contribution in [3.8, 4) is 0 Å². The summed E-state index contributed by atoms with van der Waals surface area (Å²) in [5.41, 5.74) is 1.14. The molecule has 0 spiro atoms. The van der Waals surface area contributed by atoms with Crippen molar-refractivity contribution in [3.63, 3.8) is 0 Å². The topological polar surface area (TPSA) is 23.5 Å². The second kappa shape index (κ2) is 9.73. The van der Waals surface area contributed by atoms with Gasteiger partial charge in [-0.1, -0.05) is 68.7 Å². The molecule has 0 bridgehead atoms. The Morgan fingerprint density at radius 1 is 1.15 bits per heavy atom. The highest BCUT2D eigenvalue weighted by Gasteiger charge is 2.17. The summed E-state index contributed by atoms with van der Waals surface area (Å²) in [7, 11) is 4.14. The van der Waals surface area contributed by atoms with E-state index in [2.05, 4.69) is 38.1 Å². The average molecular weight is 275 g/mol. The van der Waals surface area contributed by atoms with E-state index in [-0.39, 0.29) is 6.10 Å². The van der Waals surface area contributed by atoms with Crippen LogP contribution in [0.3, 0.4) is 0 Å². The maximum absolute atomic E-state index is 10.4. The largest absolute Gasteiger partial charge is 0.389 e. The fourth-order valence-electron chi connectivity index (χ4n) is 2.43. The Balaban J connectivity index is 2.57. The molecule has 0 aliphatic carbocycles. The third-order valence-corrected chi connectivity index (χ3v) is 3.55. The molecule has 0 aromatic heterocycles. The van der Waals surface area contributed by atoms with E-state index in [1.54, 1.807) is 0 Å². The van der Waals surface area contributed by atoms with Crippen LogP contribution >= 0.6 is 0 Å². The molecule has 1 N–H and O–H groups in total. The fraction of sp³-hybridized carbons (Fsp3) is 0.556. The minimum absolute atomic E-state index is 0.316. The lowest BCUT2D eigenvalue weighted by Crippen LogP contribution is -2.30. The van der Waals surface area contributed by atoms with Gasteiger partial charge in [-0.15, -0.1) is 0 Å². The van der Waals surface area contributed by atoms with Gasteiger partial charge < -0.3 is 10.0 Å². The zero-order valence-electron chi connectivity index (χ0n) is 13.1. The summed E-state index contributed by atoms with van der Waals surface area (Å²) >= 11 is 0. The third kappa shape index (κ3) is 6.88. The standard InChI is InChI=1S/C18H29NO/c1-4-5-7-12-17(15-19(2)3)18(20)14-13-16-10-8-6-9-11-16/h6,8-11,13-14,17-18,20H,4-5,7,12,15H2,1-3H3/b14-13+/t17-,18+/m0/s1. The molecule has 0 unspecified atom stereocenters. The molecule has 0 fully saturated rings. The summed E-state index contributed by atoms with van der Waals surface area (Å²) in [6.45, 7) is 3.15. The van der Waals surface area contributed by atoms with E-state index in [9.17, 15) is 5.11 Å². The fourth-order valence-corrected chi connectivity index (χ4v) is 2.43. The Bertz CT molecular complexity index is 372. The third-order valence-electron chi connectivity index (χ3n) is 3.55. The van der Waals surface area contributed by atoms with E-state index in [0.717, 1.165) is 18.5 Å². The molecule has 0 amide bonds. The highest BCUT2D eigenvalue weighted by molar-refractivity contribution is 5.49. The number of aliphatic hydroxyl groups excluding tert-OH is 1. The zero-order chi connectivity index (χ0) is 14.8. The number of hydrogen-bond acceptors (Lipinski definition) is 2. The molecule has 0 radical (unpaired) electrons. The monoisotopic (exact) mass is 275 g/mol. The van der Waals surface area contributed by atoms with Crippen molar-refractivity contribution in [1.29, 1.82) is 0 Å². The molecule has 2 heteroatoms. The van der Waals surface area contributed by atoms with E-state index in [4.69, 9.17) is 0 Å². The van der Waals surface area contributed by atoms with Gasteiger partial charge in [0.05, 0.1) is 6.10 Å². The van der Waals surface area contributed by atoms with E-state index < -0.39 is 0 Å². The lowest BCUT2D eigenvalue weighted by atomic mass is 9.94. The van der Waals surface area contributed by atoms with Crippen molar-refractivity contribution in [1.82, 2.24) is 4.90 Å². The van der Waals surface area contributed by atoms with E-state index in [1.807, 2.05) is 30.4 Å². The van der Waals surface area contributed by atoms with Gasteiger partial charge in [0, 0.05) is 12.5 Å². The van der Waals surface area contributed by atoms with Crippen molar-refractivity contribution in [2.45, 2.75) is 38.7 Å². The molecule has 1 rings (SSSR count). The lowest BCUT2D eigenvalue weighted by Gasteiger charge is -2.24. The van der Waals surface area contributed by atoms with Crippen molar-refractivity contribution < 1.29 is 5.11 Å². The van der Waals surface area contributed by atoms with Crippen LogP contribution in [0.2, 0.25) is 0 Å². The Morgan fingerprint density at radius 3 is 2.45 bits per heavy atom. The number of hydrogen-bond donors (Lipinski definition) is 1. The smallest absolute Gasteiger partial charge is 0.0764 e. The number of unbranched alkanes of at least 4 members (excludes halogenated alkanes) is 2. The Hall–Kier alpha value is -1.12. The first-order chi connectivity index (χ1) is 9.63. The Kier molecular flexibility index (Phi) is 8.24. The summed E-state index contributed by atoms with van der Waals surface area (Å²) in [5.74, 6) is 0.316. The number of benzene rings is 1. The molecule has 2 atom stereocenters. The van der Waals surface area contributed by atoms with Crippen LogP contribution in [0.5, 0.6) is 0 Å². The summed E-state index contributed by atoms with van der Waals surface area (Å²) in [6.07, 6.45) is 8.36. The molecular formula is C18H29NO. The van der Waals surface area contributed by atoms with Crippen molar-refractivity contribution in [2.24, 2.45) is 5.92 Å². The number of rotatable bonds is 9. The van der Waals surface area contributed by atoms with E-state index >= 15 is 0 Å². The van der Waals surface area contributed by atoms with Crippen molar-refractivity contribution >= 4 is 6.08 Å². The van der Waals surface area contributed by atoms with Crippen molar-refractivity contribution in [2.75, 3.05) is 20.6 Å². The van der Waals surface area contributed by atoms with Crippen LogP contribution in [0.4, 0.5) is 0 Å². The van der Waals surface area contributed by atoms with Gasteiger partial charge in [-0.25, -0.2) is 0 Å². The average Bonchev–Trinajstić information content (AvgIpc) is 2.44. The normalized spacial score (nSPS) is 14.8. The van der Waals surface area contributed by atoms with Gasteiger partial charge in [-0.3, -0.25) is 0 Å². The lowest BCUT2D eigenvalue weighted by molar-refractivity contribution is 0.122. The predicted octanol–water partition coefficient (Wildman–Crippen LogP) is 3.82. The van der Waals surface area contributed by atoms with Gasteiger partial charge in [0.1, 0.15) is 0 Å². The maximum atomic E-state index is 10.4. The van der Waals surface area contributed by atoms with Gasteiger partial charge in [-0.05, 0) is 26.1 Å². The van der Waals surface area contributed by atoms with Gasteiger partial charge in [0.25, 0.3) is 0 Å². The summed E-state index contributed by atoms with van der Waals surface area (Å²) in [5, 5.41) is 10.4. The van der Waals surface area contributed by atoms with Crippen LogP contribution in [0.1, 0.15) is 38.2 Å². The van der Waals surface area contributed by atoms with Gasteiger partial charge in [0.15, 0.2) is 0 Å². The molecule has 0 saturated carbocycles. The quantitative estimate of drug-likeness (QED) is 0.693. The molecule has 20 heavy (non-hydrogen) atoms. The van der Waals surface area contributed by atoms with Crippen LogP contribution in [-0.4, -0.2) is 36.8 Å². The van der Waals surface area contributed by atoms with Gasteiger partial charge in [-0.2, -0.15) is 0 Å². The van der Waals surface area contributed by atoms with Crippen LogP contribution in [-0.2, 0) is 0 Å². The van der Waals surface area contributed by atoms with Crippen molar-refractivity contribution in [3.05, 3.63) is 42.0 Å². The summed E-state index contributed by atoms with van der Waals surface area (Å²) in [4.78, 5) is 2.16. The second-order valence-electron chi connectivity index (χ2n) is 5.78. The van der Waals surface area contributed by atoms with Crippen LogP contribution in [0.15, 0.2) is 36.4 Å². The van der Waals surface area contributed by atoms with E-state index in [0.29, 0.717) is 5.92 Å². The summed E-state index contributed by atoms with van der Waals surface area (Å²) < 4.78 is 0. The number of aliphatic hydroxyl groups is 1. The highest BCUT2D eigenvalue weighted by atomic mass is 16.3. The molecular weight excluding hydrogens is 246 g/mol. The SMILES string of the molecule is CCCCC[C@@H](CN(C)C)[C@H](O)/C=C/c1ccccc1. The molecule has 0 heterocycles. The van der Waals surface area contributed by atoms with Crippen LogP contribution < -0.4 is 0 Å². The zero-order valence-corrected chi connectivity index (χ0v) is 13.1. The first-order valence-corrected chi connectivity index (χ1v) is 7.69. The first kappa shape index (κ1) is 16.9. The molecule has 2 nitrogen and oxygen atoms in total. The molecule has 112 valence electrons. The van der Waals surface area contributed by atoms with Gasteiger partial charge >= 0.3 is 0 Å². The molecule has 0 saturated heterocycles. The van der Waals surface area contributed by atoms with Crippen LogP contribution in [0.25, 0.3) is 6.08 Å². The summed E-state index contributed by atoms with van der Waals surface area (Å²) in [6, 6.07) is 10.2. The first-order valence-electron chi connectivity index (χ1n) is 7.69. The minimum Gasteiger partial charge on any atom is -0.389 e. The minimum atomic E-state index is -0.366. The molecule has 0 aliphatic heterocycles. The number of nitrogens with zero attached hydrogens (tertiary/aromatic N) is 1. The van der Waals surface area contributed by atoms with Gasteiger partial charge in [0.2, 0.25) is 0 Å². The van der Waals surface area contributed by atoms with Crippen LogP contribution in [0, 0.1) is 5.92 Å².